The van der Waals surface area contributed by atoms with Crippen LogP contribution < -0.4 is 10.1 Å². The Bertz CT molecular complexity index is 619. The minimum absolute atomic E-state index is 0.299. The number of pyridine rings is 1. The van der Waals surface area contributed by atoms with Crippen LogP contribution in [0.2, 0.25) is 5.02 Å². The van der Waals surface area contributed by atoms with E-state index < -0.39 is 0 Å². The number of rotatable bonds is 3. The molecule has 98 valence electrons. The lowest BCUT2D eigenvalue weighted by Crippen LogP contribution is -2.12. The molecule has 2 rings (SSSR count). The molecule has 0 spiro atoms. The fourth-order valence-electron chi connectivity index (χ4n) is 1.51. The van der Waals surface area contributed by atoms with Crippen molar-refractivity contribution in [1.82, 2.24) is 4.98 Å². The summed E-state index contributed by atoms with van der Waals surface area (Å²) in [6, 6.07) is 6.86. The van der Waals surface area contributed by atoms with Gasteiger partial charge in [0.05, 0.1) is 17.7 Å². The number of ether oxygens (including phenoxy) is 1. The van der Waals surface area contributed by atoms with Crippen LogP contribution in [0.25, 0.3) is 0 Å². The van der Waals surface area contributed by atoms with Crippen molar-refractivity contribution in [2.24, 2.45) is 0 Å². The quantitative estimate of drug-likeness (QED) is 0.925. The third-order valence-corrected chi connectivity index (χ3v) is 3.14. The van der Waals surface area contributed by atoms with E-state index in [1.807, 2.05) is 0 Å². The molecule has 1 heterocycles. The molecular formula is C13H10BrClN2O2. The minimum Gasteiger partial charge on any atom is -0.497 e. The van der Waals surface area contributed by atoms with Crippen LogP contribution in [0, 0.1) is 0 Å². The fourth-order valence-corrected chi connectivity index (χ4v) is 2.19. The van der Waals surface area contributed by atoms with Gasteiger partial charge in [0.2, 0.25) is 0 Å². The molecule has 0 fully saturated rings. The molecule has 2 aromatic rings. The molecule has 1 aromatic carbocycles. The Morgan fingerprint density at radius 2 is 2.21 bits per heavy atom. The number of hydrogen-bond acceptors (Lipinski definition) is 3. The van der Waals surface area contributed by atoms with Gasteiger partial charge in [0.25, 0.3) is 5.91 Å². The van der Waals surface area contributed by atoms with Crippen LogP contribution in [0.15, 0.2) is 41.1 Å². The normalized spacial score (nSPS) is 10.1. The second-order valence-electron chi connectivity index (χ2n) is 3.69. The van der Waals surface area contributed by atoms with Gasteiger partial charge >= 0.3 is 0 Å². The van der Waals surface area contributed by atoms with E-state index in [0.29, 0.717) is 22.0 Å². The summed E-state index contributed by atoms with van der Waals surface area (Å²) in [7, 11) is 1.56. The molecule has 1 aromatic heterocycles. The first-order valence-electron chi connectivity index (χ1n) is 5.35. The Morgan fingerprint density at radius 3 is 2.89 bits per heavy atom. The van der Waals surface area contributed by atoms with Crippen LogP contribution in [0.3, 0.4) is 0 Å². The van der Waals surface area contributed by atoms with Gasteiger partial charge in [-0.15, -0.1) is 0 Å². The Balaban J connectivity index is 2.24. The Kier molecular flexibility index (Phi) is 4.39. The number of nitrogens with one attached hydrogen (secondary N) is 1. The van der Waals surface area contributed by atoms with Gasteiger partial charge in [-0.05, 0) is 18.2 Å². The highest BCUT2D eigenvalue weighted by atomic mass is 79.9. The predicted molar refractivity (Wildman–Crippen MR) is 77.9 cm³/mol. The van der Waals surface area contributed by atoms with Crippen molar-refractivity contribution in [3.8, 4) is 5.75 Å². The van der Waals surface area contributed by atoms with Crippen LogP contribution in [0.1, 0.15) is 10.4 Å². The molecule has 0 aliphatic heterocycles. The van der Waals surface area contributed by atoms with Crippen LogP contribution in [-0.2, 0) is 0 Å². The molecule has 0 unspecified atom stereocenters. The Hall–Kier alpha value is -1.59. The first-order valence-corrected chi connectivity index (χ1v) is 6.52. The van der Waals surface area contributed by atoms with E-state index in [0.717, 1.165) is 4.47 Å². The molecule has 1 amide bonds. The van der Waals surface area contributed by atoms with Gasteiger partial charge in [-0.3, -0.25) is 9.78 Å². The molecular weight excluding hydrogens is 332 g/mol. The lowest BCUT2D eigenvalue weighted by Gasteiger charge is -2.08. The number of halogens is 2. The summed E-state index contributed by atoms with van der Waals surface area (Å²) in [5.41, 5.74) is 0.986. The highest BCUT2D eigenvalue weighted by Crippen LogP contribution is 2.25. The highest BCUT2D eigenvalue weighted by molar-refractivity contribution is 9.10. The van der Waals surface area contributed by atoms with Crippen molar-refractivity contribution in [2.45, 2.75) is 0 Å². The van der Waals surface area contributed by atoms with Crippen LogP contribution in [0.4, 0.5) is 5.69 Å². The molecule has 0 aliphatic rings. The molecule has 4 nitrogen and oxygen atoms in total. The van der Waals surface area contributed by atoms with E-state index in [4.69, 9.17) is 16.3 Å². The molecule has 0 saturated heterocycles. The average Bonchev–Trinajstić information content (AvgIpc) is 2.38. The van der Waals surface area contributed by atoms with E-state index in [1.165, 1.54) is 12.4 Å². The van der Waals surface area contributed by atoms with Gasteiger partial charge in [-0.1, -0.05) is 27.5 Å². The van der Waals surface area contributed by atoms with E-state index in [9.17, 15) is 4.79 Å². The zero-order valence-corrected chi connectivity index (χ0v) is 12.3. The molecule has 0 bridgehead atoms. The van der Waals surface area contributed by atoms with Crippen molar-refractivity contribution in [3.05, 3.63) is 51.7 Å². The standard InChI is InChI=1S/C13H10BrClN2O2/c1-19-10-5-8(14)4-9(6-10)17-13(18)11-2-3-16-7-12(11)15/h2-7H,1H3,(H,17,18). The molecule has 0 aliphatic carbocycles. The van der Waals surface area contributed by atoms with Crippen molar-refractivity contribution < 1.29 is 9.53 Å². The highest BCUT2D eigenvalue weighted by Gasteiger charge is 2.11. The number of aromatic nitrogens is 1. The Labute approximate surface area is 123 Å². The summed E-state index contributed by atoms with van der Waals surface area (Å²) >= 11 is 9.26. The smallest absolute Gasteiger partial charge is 0.257 e. The number of carbonyl (C=O) groups is 1. The van der Waals surface area contributed by atoms with Gasteiger partial charge in [-0.25, -0.2) is 0 Å². The Morgan fingerprint density at radius 1 is 1.42 bits per heavy atom. The predicted octanol–water partition coefficient (Wildman–Crippen LogP) is 3.76. The number of amides is 1. The van der Waals surface area contributed by atoms with Crippen molar-refractivity contribution in [2.75, 3.05) is 12.4 Å². The topological polar surface area (TPSA) is 51.2 Å². The molecule has 19 heavy (non-hydrogen) atoms. The van der Waals surface area contributed by atoms with Gasteiger partial charge in [0, 0.05) is 28.6 Å². The maximum atomic E-state index is 12.1. The summed E-state index contributed by atoms with van der Waals surface area (Å²) in [5, 5.41) is 3.06. The number of carbonyl (C=O) groups excluding carboxylic acids is 1. The molecule has 6 heteroatoms. The SMILES string of the molecule is COc1cc(Br)cc(NC(=O)c2ccncc2Cl)c1. The number of methoxy groups -OCH3 is 1. The van der Waals surface area contributed by atoms with Crippen LogP contribution in [-0.4, -0.2) is 18.0 Å². The second kappa shape index (κ2) is 6.04. The van der Waals surface area contributed by atoms with Crippen LogP contribution in [0.5, 0.6) is 5.75 Å². The first-order chi connectivity index (χ1) is 9.10. The number of anilines is 1. The second-order valence-corrected chi connectivity index (χ2v) is 5.01. The summed E-state index contributed by atoms with van der Waals surface area (Å²) < 4.78 is 5.94. The zero-order chi connectivity index (χ0) is 13.8. The lowest BCUT2D eigenvalue weighted by molar-refractivity contribution is 0.102. The monoisotopic (exact) mass is 340 g/mol. The van der Waals surface area contributed by atoms with E-state index in [2.05, 4.69) is 26.2 Å². The molecule has 0 saturated carbocycles. The third kappa shape index (κ3) is 3.45. The average molecular weight is 342 g/mol. The maximum absolute atomic E-state index is 12.1. The van der Waals surface area contributed by atoms with Crippen molar-refractivity contribution >= 4 is 39.1 Å². The third-order valence-electron chi connectivity index (χ3n) is 2.38. The summed E-state index contributed by atoms with van der Waals surface area (Å²) in [6.45, 7) is 0. The lowest BCUT2D eigenvalue weighted by atomic mass is 10.2. The summed E-state index contributed by atoms with van der Waals surface area (Å²) in [6.07, 6.45) is 2.94. The minimum atomic E-state index is -0.299. The maximum Gasteiger partial charge on any atom is 0.257 e. The number of nitrogens with zero attached hydrogens (tertiary/aromatic N) is 1. The van der Waals surface area contributed by atoms with E-state index in [1.54, 1.807) is 31.4 Å². The summed E-state index contributed by atoms with van der Waals surface area (Å²) in [4.78, 5) is 15.9. The van der Waals surface area contributed by atoms with Crippen molar-refractivity contribution in [1.29, 1.82) is 0 Å². The summed E-state index contributed by atoms with van der Waals surface area (Å²) in [5.74, 6) is 0.345. The van der Waals surface area contributed by atoms with E-state index >= 15 is 0 Å². The van der Waals surface area contributed by atoms with Gasteiger partial charge in [0.1, 0.15) is 5.75 Å². The fraction of sp³-hybridized carbons (Fsp3) is 0.0769. The molecule has 0 radical (unpaired) electrons. The van der Waals surface area contributed by atoms with Gasteiger partial charge in [-0.2, -0.15) is 0 Å². The van der Waals surface area contributed by atoms with Gasteiger partial charge in [0.15, 0.2) is 0 Å². The van der Waals surface area contributed by atoms with Crippen molar-refractivity contribution in [3.63, 3.8) is 0 Å². The number of hydrogen-bond donors (Lipinski definition) is 1. The number of benzene rings is 1. The van der Waals surface area contributed by atoms with Gasteiger partial charge < -0.3 is 10.1 Å². The first kappa shape index (κ1) is 13.8. The largest absolute Gasteiger partial charge is 0.497 e. The zero-order valence-electron chi connectivity index (χ0n) is 9.98. The molecule has 0 atom stereocenters. The van der Waals surface area contributed by atoms with Crippen LogP contribution >= 0.6 is 27.5 Å². The molecule has 1 N–H and O–H groups in total. The van der Waals surface area contributed by atoms with E-state index in [-0.39, 0.29) is 5.91 Å².